The van der Waals surface area contributed by atoms with Crippen molar-refractivity contribution in [3.63, 3.8) is 0 Å². The summed E-state index contributed by atoms with van der Waals surface area (Å²) in [7, 11) is 0. The van der Waals surface area contributed by atoms with Gasteiger partial charge in [0.15, 0.2) is 0 Å². The highest BCUT2D eigenvalue weighted by Crippen LogP contribution is 2.08. The molecule has 0 saturated carbocycles. The first kappa shape index (κ1) is 16.2. The first-order valence-electron chi connectivity index (χ1n) is 7.86. The second-order valence-corrected chi connectivity index (χ2v) is 5.65. The van der Waals surface area contributed by atoms with Crippen LogP contribution in [0.25, 0.3) is 10.9 Å². The van der Waals surface area contributed by atoms with Gasteiger partial charge in [0.25, 0.3) is 0 Å². The highest BCUT2D eigenvalue weighted by molar-refractivity contribution is 5.81. The molecule has 1 unspecified atom stereocenters. The number of unbranched alkanes of at least 4 members (excludes halogenated alkanes) is 2. The molecule has 1 N–H and O–H groups in total. The van der Waals surface area contributed by atoms with Crippen LogP contribution in [0.2, 0.25) is 0 Å². The van der Waals surface area contributed by atoms with Crippen LogP contribution >= 0.6 is 0 Å². The molecule has 22 heavy (non-hydrogen) atoms. The van der Waals surface area contributed by atoms with E-state index in [1.54, 1.807) is 10.7 Å². The minimum Gasteiger partial charge on any atom is -0.352 e. The Morgan fingerprint density at radius 1 is 1.32 bits per heavy atom. The second kappa shape index (κ2) is 7.73. The van der Waals surface area contributed by atoms with E-state index in [1.165, 1.54) is 19.0 Å². The van der Waals surface area contributed by atoms with Gasteiger partial charge in [-0.15, -0.1) is 0 Å². The molecule has 5 heteroatoms. The van der Waals surface area contributed by atoms with Crippen LogP contribution in [0.5, 0.6) is 0 Å². The number of nitrogens with one attached hydrogen (secondary N) is 1. The molecule has 0 spiro atoms. The number of aromatic nitrogens is 2. The van der Waals surface area contributed by atoms with Gasteiger partial charge in [-0.3, -0.25) is 14.3 Å². The SMILES string of the molecule is CCCCCC(C)NC(=O)Cn1ncc(=O)c2ccccc21. The Morgan fingerprint density at radius 2 is 2.09 bits per heavy atom. The molecule has 0 fully saturated rings. The number of hydrogen-bond acceptors (Lipinski definition) is 3. The van der Waals surface area contributed by atoms with E-state index >= 15 is 0 Å². The van der Waals surface area contributed by atoms with Gasteiger partial charge in [-0.25, -0.2) is 0 Å². The molecule has 0 aliphatic carbocycles. The third-order valence-electron chi connectivity index (χ3n) is 3.70. The van der Waals surface area contributed by atoms with Crippen molar-refractivity contribution < 1.29 is 4.79 Å². The summed E-state index contributed by atoms with van der Waals surface area (Å²) in [5, 5.41) is 7.65. The predicted molar refractivity (Wildman–Crippen MR) is 87.7 cm³/mol. The smallest absolute Gasteiger partial charge is 0.241 e. The number of hydrogen-bond donors (Lipinski definition) is 1. The lowest BCUT2D eigenvalue weighted by molar-refractivity contribution is -0.122. The van der Waals surface area contributed by atoms with E-state index in [2.05, 4.69) is 17.3 Å². The molecule has 0 saturated heterocycles. The van der Waals surface area contributed by atoms with Gasteiger partial charge in [0, 0.05) is 11.4 Å². The maximum atomic E-state index is 12.1. The predicted octanol–water partition coefficient (Wildman–Crippen LogP) is 2.48. The molecule has 0 aliphatic heterocycles. The molecule has 2 aromatic rings. The quantitative estimate of drug-likeness (QED) is 0.799. The minimum atomic E-state index is -0.125. The van der Waals surface area contributed by atoms with Gasteiger partial charge < -0.3 is 5.32 Å². The third kappa shape index (κ3) is 4.16. The molecule has 2 rings (SSSR count). The Kier molecular flexibility index (Phi) is 5.69. The van der Waals surface area contributed by atoms with Crippen LogP contribution < -0.4 is 10.7 Å². The normalized spacial score (nSPS) is 12.3. The van der Waals surface area contributed by atoms with Crippen LogP contribution in [0.15, 0.2) is 35.3 Å². The highest BCUT2D eigenvalue weighted by atomic mass is 16.2. The molecule has 118 valence electrons. The van der Waals surface area contributed by atoms with E-state index in [0.29, 0.717) is 10.9 Å². The number of rotatable bonds is 7. The lowest BCUT2D eigenvalue weighted by Crippen LogP contribution is -2.35. The van der Waals surface area contributed by atoms with Crippen molar-refractivity contribution in [2.45, 2.75) is 52.1 Å². The zero-order chi connectivity index (χ0) is 15.9. The first-order valence-corrected chi connectivity index (χ1v) is 7.86. The van der Waals surface area contributed by atoms with Crippen LogP contribution in [-0.2, 0) is 11.3 Å². The van der Waals surface area contributed by atoms with E-state index in [0.717, 1.165) is 12.8 Å². The van der Waals surface area contributed by atoms with Crippen molar-refractivity contribution in [3.8, 4) is 0 Å². The molecular formula is C17H23N3O2. The topological polar surface area (TPSA) is 64.0 Å². The molecule has 0 aliphatic rings. The number of carbonyl (C=O) groups excluding carboxylic acids is 1. The zero-order valence-electron chi connectivity index (χ0n) is 13.2. The number of benzene rings is 1. The van der Waals surface area contributed by atoms with Crippen molar-refractivity contribution in [2.24, 2.45) is 0 Å². The molecule has 1 atom stereocenters. The first-order chi connectivity index (χ1) is 10.6. The van der Waals surface area contributed by atoms with Crippen LogP contribution in [0.4, 0.5) is 0 Å². The van der Waals surface area contributed by atoms with Crippen molar-refractivity contribution in [2.75, 3.05) is 0 Å². The number of amides is 1. The molecule has 0 radical (unpaired) electrons. The fourth-order valence-corrected chi connectivity index (χ4v) is 2.52. The summed E-state index contributed by atoms with van der Waals surface area (Å²) < 4.78 is 1.57. The van der Waals surface area contributed by atoms with E-state index in [-0.39, 0.29) is 23.9 Å². The summed E-state index contributed by atoms with van der Waals surface area (Å²) in [6.45, 7) is 4.31. The highest BCUT2D eigenvalue weighted by Gasteiger charge is 2.10. The van der Waals surface area contributed by atoms with E-state index < -0.39 is 0 Å². The van der Waals surface area contributed by atoms with Crippen molar-refractivity contribution >= 4 is 16.8 Å². The average molecular weight is 301 g/mol. The lowest BCUT2D eigenvalue weighted by Gasteiger charge is -2.15. The molecule has 1 aromatic carbocycles. The summed E-state index contributed by atoms with van der Waals surface area (Å²) in [6, 6.07) is 7.36. The monoisotopic (exact) mass is 301 g/mol. The molecule has 1 aromatic heterocycles. The second-order valence-electron chi connectivity index (χ2n) is 5.65. The maximum absolute atomic E-state index is 12.1. The summed E-state index contributed by atoms with van der Waals surface area (Å²) in [5.74, 6) is -0.0784. The number of nitrogens with zero attached hydrogens (tertiary/aromatic N) is 2. The van der Waals surface area contributed by atoms with Crippen molar-refractivity contribution in [3.05, 3.63) is 40.7 Å². The third-order valence-corrected chi connectivity index (χ3v) is 3.70. The molecule has 5 nitrogen and oxygen atoms in total. The number of carbonyl (C=O) groups is 1. The fourth-order valence-electron chi connectivity index (χ4n) is 2.52. The van der Waals surface area contributed by atoms with Crippen LogP contribution in [0, 0.1) is 0 Å². The largest absolute Gasteiger partial charge is 0.352 e. The van der Waals surface area contributed by atoms with Crippen LogP contribution in [0.3, 0.4) is 0 Å². The van der Waals surface area contributed by atoms with Gasteiger partial charge in [0.2, 0.25) is 11.3 Å². The van der Waals surface area contributed by atoms with Crippen LogP contribution in [-0.4, -0.2) is 21.7 Å². The number of fused-ring (bicyclic) bond motifs is 1. The summed E-state index contributed by atoms with van der Waals surface area (Å²) >= 11 is 0. The Bertz CT molecular complexity index is 694. The number of para-hydroxylation sites is 1. The minimum absolute atomic E-state index is 0.0784. The standard InChI is InChI=1S/C17H23N3O2/c1-3-4-5-8-13(2)19-17(22)12-20-15-10-7-6-9-14(15)16(21)11-18-20/h6-7,9-11,13H,3-5,8,12H2,1-2H3,(H,19,22). The van der Waals surface area contributed by atoms with E-state index in [9.17, 15) is 9.59 Å². The Morgan fingerprint density at radius 3 is 2.86 bits per heavy atom. The molecule has 1 amide bonds. The van der Waals surface area contributed by atoms with Gasteiger partial charge in [-0.05, 0) is 25.5 Å². The Hall–Kier alpha value is -2.17. The van der Waals surface area contributed by atoms with Gasteiger partial charge in [0.05, 0.1) is 11.7 Å². The summed E-state index contributed by atoms with van der Waals surface area (Å²) in [5.41, 5.74) is 0.559. The average Bonchev–Trinajstić information content (AvgIpc) is 2.50. The molecule has 0 bridgehead atoms. The lowest BCUT2D eigenvalue weighted by atomic mass is 10.1. The summed E-state index contributed by atoms with van der Waals surface area (Å²) in [6.07, 6.45) is 5.73. The molecule has 1 heterocycles. The summed E-state index contributed by atoms with van der Waals surface area (Å²) in [4.78, 5) is 23.9. The van der Waals surface area contributed by atoms with Gasteiger partial charge in [0.1, 0.15) is 6.54 Å². The van der Waals surface area contributed by atoms with E-state index in [1.807, 2.05) is 25.1 Å². The fraction of sp³-hybridized carbons (Fsp3) is 0.471. The Labute approximate surface area is 130 Å². The van der Waals surface area contributed by atoms with Crippen LogP contribution in [0.1, 0.15) is 39.5 Å². The maximum Gasteiger partial charge on any atom is 0.241 e. The van der Waals surface area contributed by atoms with Crippen molar-refractivity contribution in [1.29, 1.82) is 0 Å². The van der Waals surface area contributed by atoms with Crippen molar-refractivity contribution in [1.82, 2.24) is 15.1 Å². The van der Waals surface area contributed by atoms with Gasteiger partial charge in [-0.2, -0.15) is 5.10 Å². The van der Waals surface area contributed by atoms with Gasteiger partial charge in [-0.1, -0.05) is 38.3 Å². The Balaban J connectivity index is 2.03. The zero-order valence-corrected chi connectivity index (χ0v) is 13.2. The molecular weight excluding hydrogens is 278 g/mol. The van der Waals surface area contributed by atoms with Gasteiger partial charge >= 0.3 is 0 Å². The van der Waals surface area contributed by atoms with E-state index in [4.69, 9.17) is 0 Å².